The molecule has 0 bridgehead atoms. The summed E-state index contributed by atoms with van der Waals surface area (Å²) in [4.78, 5) is 1.51. The minimum atomic E-state index is 0.346. The Balaban J connectivity index is 3.52. The zero-order valence-electron chi connectivity index (χ0n) is 7.82. The normalized spacial score (nSPS) is 15.3. The van der Waals surface area contributed by atoms with Gasteiger partial charge in [0.25, 0.3) is 0 Å². The molecule has 1 atom stereocenters. The van der Waals surface area contributed by atoms with E-state index < -0.39 is 0 Å². The first-order chi connectivity index (χ1) is 4.48. The number of likely N-dealkylation sites (N-methyl/N-ethyl adjacent to an activating group) is 1. The van der Waals surface area contributed by atoms with Gasteiger partial charge in [-0.15, -0.1) is 0 Å². The second-order valence-electron chi connectivity index (χ2n) is 3.77. The average molecular weight is 146 g/mol. The average Bonchev–Trinajstić information content (AvgIpc) is 1.80. The third-order valence-corrected chi connectivity index (χ3v) is 1.96. The van der Waals surface area contributed by atoms with Crippen molar-refractivity contribution >= 4 is 0 Å². The fourth-order valence-corrected chi connectivity index (χ4v) is 0.630. The first-order valence-corrected chi connectivity index (χ1v) is 3.80. The molecular weight excluding hydrogens is 126 g/mol. The van der Waals surface area contributed by atoms with Crippen LogP contribution >= 0.6 is 0 Å². The molecule has 0 heterocycles. The van der Waals surface area contributed by atoms with E-state index in [0.29, 0.717) is 5.54 Å². The van der Waals surface area contributed by atoms with Crippen LogP contribution in [0.15, 0.2) is 0 Å². The molecule has 0 radical (unpaired) electrons. The lowest BCUT2D eigenvalue weighted by Crippen LogP contribution is -3.16. The number of hydrogen-bond acceptors (Lipinski definition) is 1. The number of nitrogens with one attached hydrogen (secondary N) is 1. The van der Waals surface area contributed by atoms with Crippen LogP contribution in [0.25, 0.3) is 0 Å². The largest absolute Gasteiger partial charge is 0.379 e. The molecule has 62 valence electrons. The maximum Gasteiger partial charge on any atom is 0.101 e. The fourth-order valence-electron chi connectivity index (χ4n) is 0.630. The highest BCUT2D eigenvalue weighted by Gasteiger charge is 2.19. The molecule has 0 aliphatic rings. The van der Waals surface area contributed by atoms with E-state index in [1.54, 1.807) is 7.11 Å². The molecule has 0 spiro atoms. The van der Waals surface area contributed by atoms with E-state index in [4.69, 9.17) is 4.74 Å². The molecule has 1 N–H and O–H groups in total. The van der Waals surface area contributed by atoms with Crippen LogP contribution in [0.1, 0.15) is 20.8 Å². The Kier molecular flexibility index (Phi) is 3.91. The molecule has 2 nitrogen and oxygen atoms in total. The minimum Gasteiger partial charge on any atom is -0.379 e. The van der Waals surface area contributed by atoms with Gasteiger partial charge in [-0.2, -0.15) is 0 Å². The van der Waals surface area contributed by atoms with Crippen molar-refractivity contribution in [2.75, 3.05) is 27.3 Å². The lowest BCUT2D eigenvalue weighted by atomic mass is 10.1. The molecule has 0 aliphatic carbocycles. The molecule has 0 aromatic carbocycles. The lowest BCUT2D eigenvalue weighted by Gasteiger charge is -2.28. The quantitative estimate of drug-likeness (QED) is 0.589. The summed E-state index contributed by atoms with van der Waals surface area (Å²) in [5, 5.41) is 0. The summed E-state index contributed by atoms with van der Waals surface area (Å²) in [6.45, 7) is 8.64. The molecule has 0 aromatic heterocycles. The van der Waals surface area contributed by atoms with Crippen LogP contribution in [0.5, 0.6) is 0 Å². The molecule has 0 amide bonds. The van der Waals surface area contributed by atoms with Crippen LogP contribution in [-0.4, -0.2) is 32.8 Å². The third kappa shape index (κ3) is 3.85. The monoisotopic (exact) mass is 146 g/mol. The van der Waals surface area contributed by atoms with E-state index in [-0.39, 0.29) is 0 Å². The number of ether oxygens (including phenoxy) is 1. The SMILES string of the molecule is COCC[NH+](C)C(C)(C)C. The maximum atomic E-state index is 4.99. The van der Waals surface area contributed by atoms with Crippen molar-refractivity contribution in [1.29, 1.82) is 0 Å². The molecule has 10 heavy (non-hydrogen) atoms. The van der Waals surface area contributed by atoms with Gasteiger partial charge < -0.3 is 9.64 Å². The molecule has 0 rings (SSSR count). The highest BCUT2D eigenvalue weighted by Crippen LogP contribution is 1.89. The lowest BCUT2D eigenvalue weighted by molar-refractivity contribution is -0.928. The van der Waals surface area contributed by atoms with Gasteiger partial charge in [-0.1, -0.05) is 0 Å². The number of hydrogen-bond donors (Lipinski definition) is 1. The maximum absolute atomic E-state index is 4.99. The molecule has 0 saturated heterocycles. The Morgan fingerprint density at radius 3 is 2.10 bits per heavy atom. The first-order valence-electron chi connectivity index (χ1n) is 3.80. The number of methoxy groups -OCH3 is 1. The summed E-state index contributed by atoms with van der Waals surface area (Å²) in [6.07, 6.45) is 0. The van der Waals surface area contributed by atoms with Gasteiger partial charge >= 0.3 is 0 Å². The third-order valence-electron chi connectivity index (χ3n) is 1.96. The Morgan fingerprint density at radius 1 is 1.30 bits per heavy atom. The minimum absolute atomic E-state index is 0.346. The second-order valence-corrected chi connectivity index (χ2v) is 3.77. The van der Waals surface area contributed by atoms with Crippen molar-refractivity contribution in [2.24, 2.45) is 0 Å². The van der Waals surface area contributed by atoms with Gasteiger partial charge in [0.05, 0.1) is 19.2 Å². The van der Waals surface area contributed by atoms with Crippen LogP contribution in [-0.2, 0) is 4.74 Å². The topological polar surface area (TPSA) is 13.7 Å². The number of quaternary nitrogens is 1. The summed E-state index contributed by atoms with van der Waals surface area (Å²) in [6, 6.07) is 0. The highest BCUT2D eigenvalue weighted by molar-refractivity contribution is 4.54. The van der Waals surface area contributed by atoms with Crippen molar-refractivity contribution in [2.45, 2.75) is 26.3 Å². The van der Waals surface area contributed by atoms with E-state index in [0.717, 1.165) is 13.2 Å². The van der Waals surface area contributed by atoms with Gasteiger partial charge in [-0.05, 0) is 20.8 Å². The van der Waals surface area contributed by atoms with Crippen molar-refractivity contribution in [3.8, 4) is 0 Å². The Morgan fingerprint density at radius 2 is 1.80 bits per heavy atom. The zero-order valence-corrected chi connectivity index (χ0v) is 7.82. The number of rotatable bonds is 3. The fraction of sp³-hybridized carbons (Fsp3) is 1.00. The van der Waals surface area contributed by atoms with Crippen molar-refractivity contribution < 1.29 is 9.64 Å². The second kappa shape index (κ2) is 3.94. The molecule has 0 saturated carbocycles. The van der Waals surface area contributed by atoms with Crippen molar-refractivity contribution in [3.63, 3.8) is 0 Å². The molecule has 0 aliphatic heterocycles. The van der Waals surface area contributed by atoms with E-state index >= 15 is 0 Å². The Bertz CT molecular complexity index is 85.7. The van der Waals surface area contributed by atoms with Crippen LogP contribution in [0.4, 0.5) is 0 Å². The summed E-state index contributed by atoms with van der Waals surface area (Å²) >= 11 is 0. The summed E-state index contributed by atoms with van der Waals surface area (Å²) < 4.78 is 4.99. The van der Waals surface area contributed by atoms with Crippen LogP contribution in [0.3, 0.4) is 0 Å². The van der Waals surface area contributed by atoms with Gasteiger partial charge in [0.15, 0.2) is 0 Å². The van der Waals surface area contributed by atoms with Crippen LogP contribution < -0.4 is 4.90 Å². The predicted octanol–water partition coefficient (Wildman–Crippen LogP) is -0.0540. The van der Waals surface area contributed by atoms with Gasteiger partial charge in [0.1, 0.15) is 6.54 Å². The van der Waals surface area contributed by atoms with Crippen molar-refractivity contribution in [1.82, 2.24) is 0 Å². The Hall–Kier alpha value is -0.0800. The van der Waals surface area contributed by atoms with Gasteiger partial charge in [0, 0.05) is 7.11 Å². The molecular formula is C8H20NO+. The smallest absolute Gasteiger partial charge is 0.101 e. The van der Waals surface area contributed by atoms with Crippen LogP contribution in [0, 0.1) is 0 Å². The molecule has 2 heteroatoms. The Labute approximate surface area is 64.2 Å². The molecule has 0 aromatic rings. The van der Waals surface area contributed by atoms with Crippen molar-refractivity contribution in [3.05, 3.63) is 0 Å². The standard InChI is InChI=1S/C8H19NO/c1-8(2,3)9(4)6-7-10-5/h6-7H2,1-5H3/p+1. The van der Waals surface area contributed by atoms with E-state index in [2.05, 4.69) is 27.8 Å². The summed E-state index contributed by atoms with van der Waals surface area (Å²) in [5.74, 6) is 0. The van der Waals surface area contributed by atoms with Gasteiger partial charge in [-0.3, -0.25) is 0 Å². The van der Waals surface area contributed by atoms with E-state index in [1.807, 2.05) is 0 Å². The zero-order chi connectivity index (χ0) is 8.20. The summed E-state index contributed by atoms with van der Waals surface area (Å²) in [7, 11) is 3.94. The molecule has 0 fully saturated rings. The van der Waals surface area contributed by atoms with Gasteiger partial charge in [0.2, 0.25) is 0 Å². The van der Waals surface area contributed by atoms with E-state index in [1.165, 1.54) is 4.90 Å². The van der Waals surface area contributed by atoms with Gasteiger partial charge in [-0.25, -0.2) is 0 Å². The predicted molar refractivity (Wildman–Crippen MR) is 43.4 cm³/mol. The highest BCUT2D eigenvalue weighted by atomic mass is 16.5. The van der Waals surface area contributed by atoms with E-state index in [9.17, 15) is 0 Å². The summed E-state index contributed by atoms with van der Waals surface area (Å²) in [5.41, 5.74) is 0.346. The van der Waals surface area contributed by atoms with Crippen LogP contribution in [0.2, 0.25) is 0 Å². The molecule has 1 unspecified atom stereocenters. The first kappa shape index (κ1) is 9.92.